The summed E-state index contributed by atoms with van der Waals surface area (Å²) in [6.07, 6.45) is 1.96. The Morgan fingerprint density at radius 2 is 2.35 bits per heavy atom. The van der Waals surface area contributed by atoms with Gasteiger partial charge in [-0.1, -0.05) is 11.6 Å². The van der Waals surface area contributed by atoms with Gasteiger partial charge in [0.2, 0.25) is 0 Å². The van der Waals surface area contributed by atoms with E-state index in [-0.39, 0.29) is 11.9 Å². The normalized spacial score (nSPS) is 19.9. The minimum atomic E-state index is -0.110. The lowest BCUT2D eigenvalue weighted by Crippen LogP contribution is -2.40. The number of nitrogens with two attached hydrogens (primary N) is 1. The second-order valence-electron chi connectivity index (χ2n) is 4.48. The number of amides is 1. The van der Waals surface area contributed by atoms with Crippen LogP contribution < -0.4 is 11.1 Å². The number of aryl methyl sites for hydroxylation is 1. The molecule has 1 aromatic rings. The van der Waals surface area contributed by atoms with Gasteiger partial charge in [0.25, 0.3) is 5.91 Å². The van der Waals surface area contributed by atoms with Crippen LogP contribution in [0.15, 0.2) is 18.2 Å². The standard InChI is InChI=1S/C13H18N2O2/c1-9-4-5-12(14)11(7-9)13(16)15-10-3-2-6-17-8-10/h4-5,7,10H,2-3,6,8,14H2,1H3,(H,15,16). The van der Waals surface area contributed by atoms with Crippen molar-refractivity contribution in [2.75, 3.05) is 18.9 Å². The van der Waals surface area contributed by atoms with Crippen LogP contribution >= 0.6 is 0 Å². The Balaban J connectivity index is 2.05. The number of ether oxygens (including phenoxy) is 1. The summed E-state index contributed by atoms with van der Waals surface area (Å²) in [7, 11) is 0. The lowest BCUT2D eigenvalue weighted by molar-refractivity contribution is 0.0624. The molecule has 2 rings (SSSR count). The highest BCUT2D eigenvalue weighted by Crippen LogP contribution is 2.14. The first-order chi connectivity index (χ1) is 8.16. The van der Waals surface area contributed by atoms with E-state index in [0.29, 0.717) is 17.9 Å². The highest BCUT2D eigenvalue weighted by atomic mass is 16.5. The molecule has 1 aliphatic heterocycles. The molecule has 1 aliphatic rings. The van der Waals surface area contributed by atoms with Crippen LogP contribution in [0.25, 0.3) is 0 Å². The number of hydrogen-bond donors (Lipinski definition) is 2. The van der Waals surface area contributed by atoms with Gasteiger partial charge in [0.15, 0.2) is 0 Å². The largest absolute Gasteiger partial charge is 0.398 e. The van der Waals surface area contributed by atoms with Gasteiger partial charge in [0.1, 0.15) is 0 Å². The Hall–Kier alpha value is -1.55. The van der Waals surface area contributed by atoms with E-state index in [0.717, 1.165) is 25.0 Å². The van der Waals surface area contributed by atoms with Gasteiger partial charge in [-0.15, -0.1) is 0 Å². The topological polar surface area (TPSA) is 64.4 Å². The second kappa shape index (κ2) is 5.19. The number of rotatable bonds is 2. The zero-order valence-electron chi connectivity index (χ0n) is 10.0. The van der Waals surface area contributed by atoms with Gasteiger partial charge >= 0.3 is 0 Å². The maximum atomic E-state index is 12.0. The number of anilines is 1. The molecule has 0 spiro atoms. The first-order valence-corrected chi connectivity index (χ1v) is 5.91. The molecule has 92 valence electrons. The number of benzene rings is 1. The van der Waals surface area contributed by atoms with E-state index in [1.54, 1.807) is 6.07 Å². The predicted molar refractivity (Wildman–Crippen MR) is 66.9 cm³/mol. The fraction of sp³-hybridized carbons (Fsp3) is 0.462. The maximum Gasteiger partial charge on any atom is 0.253 e. The third-order valence-corrected chi connectivity index (χ3v) is 2.95. The molecule has 17 heavy (non-hydrogen) atoms. The molecule has 0 saturated carbocycles. The van der Waals surface area contributed by atoms with Crippen molar-refractivity contribution >= 4 is 11.6 Å². The average molecular weight is 234 g/mol. The molecule has 4 heteroatoms. The Morgan fingerprint density at radius 3 is 3.06 bits per heavy atom. The zero-order valence-corrected chi connectivity index (χ0v) is 10.0. The van der Waals surface area contributed by atoms with E-state index in [2.05, 4.69) is 5.32 Å². The number of nitrogens with one attached hydrogen (secondary N) is 1. The Bertz CT molecular complexity index is 412. The summed E-state index contributed by atoms with van der Waals surface area (Å²) in [5, 5.41) is 2.96. The van der Waals surface area contributed by atoms with Gasteiger partial charge < -0.3 is 15.8 Å². The van der Waals surface area contributed by atoms with E-state index in [1.807, 2.05) is 19.1 Å². The molecule has 1 unspecified atom stereocenters. The van der Waals surface area contributed by atoms with Gasteiger partial charge in [0, 0.05) is 12.3 Å². The van der Waals surface area contributed by atoms with Crippen LogP contribution in [0.3, 0.4) is 0 Å². The van der Waals surface area contributed by atoms with Gasteiger partial charge in [-0.05, 0) is 31.9 Å². The quantitative estimate of drug-likeness (QED) is 0.762. The monoisotopic (exact) mass is 234 g/mol. The maximum absolute atomic E-state index is 12.0. The van der Waals surface area contributed by atoms with Crippen molar-refractivity contribution in [2.45, 2.75) is 25.8 Å². The fourth-order valence-electron chi connectivity index (χ4n) is 1.98. The SMILES string of the molecule is Cc1ccc(N)c(C(=O)NC2CCCOC2)c1. The Morgan fingerprint density at radius 1 is 1.53 bits per heavy atom. The molecule has 0 aliphatic carbocycles. The molecule has 4 nitrogen and oxygen atoms in total. The van der Waals surface area contributed by atoms with E-state index in [4.69, 9.17) is 10.5 Å². The number of hydrogen-bond acceptors (Lipinski definition) is 3. The van der Waals surface area contributed by atoms with Gasteiger partial charge in [-0.25, -0.2) is 0 Å². The first kappa shape index (κ1) is 11.9. The summed E-state index contributed by atoms with van der Waals surface area (Å²) in [6.45, 7) is 3.33. The van der Waals surface area contributed by atoms with E-state index >= 15 is 0 Å². The van der Waals surface area contributed by atoms with Gasteiger partial charge in [-0.2, -0.15) is 0 Å². The Labute approximate surface area is 101 Å². The smallest absolute Gasteiger partial charge is 0.253 e. The van der Waals surface area contributed by atoms with Crippen molar-refractivity contribution in [3.05, 3.63) is 29.3 Å². The zero-order chi connectivity index (χ0) is 12.3. The summed E-state index contributed by atoms with van der Waals surface area (Å²) in [6, 6.07) is 5.59. The minimum absolute atomic E-state index is 0.108. The predicted octanol–water partition coefficient (Wildman–Crippen LogP) is 1.49. The van der Waals surface area contributed by atoms with Crippen molar-refractivity contribution in [3.63, 3.8) is 0 Å². The van der Waals surface area contributed by atoms with Crippen LogP contribution in [0.5, 0.6) is 0 Å². The molecule has 1 heterocycles. The molecule has 1 fully saturated rings. The van der Waals surface area contributed by atoms with E-state index < -0.39 is 0 Å². The molecule has 1 atom stereocenters. The molecule has 3 N–H and O–H groups in total. The summed E-state index contributed by atoms with van der Waals surface area (Å²) in [4.78, 5) is 12.0. The van der Waals surface area contributed by atoms with Crippen molar-refractivity contribution < 1.29 is 9.53 Å². The summed E-state index contributed by atoms with van der Waals surface area (Å²) >= 11 is 0. The number of carbonyl (C=O) groups is 1. The van der Waals surface area contributed by atoms with Crippen molar-refractivity contribution in [1.29, 1.82) is 0 Å². The molecule has 1 aromatic carbocycles. The van der Waals surface area contributed by atoms with Crippen molar-refractivity contribution in [3.8, 4) is 0 Å². The second-order valence-corrected chi connectivity index (χ2v) is 4.48. The van der Waals surface area contributed by atoms with Gasteiger partial charge in [-0.3, -0.25) is 4.79 Å². The third kappa shape index (κ3) is 2.97. The number of nitrogen functional groups attached to an aromatic ring is 1. The molecule has 0 radical (unpaired) electrons. The van der Waals surface area contributed by atoms with Crippen molar-refractivity contribution in [1.82, 2.24) is 5.32 Å². The van der Waals surface area contributed by atoms with Crippen LogP contribution in [0, 0.1) is 6.92 Å². The molecule has 0 bridgehead atoms. The highest BCUT2D eigenvalue weighted by Gasteiger charge is 2.18. The summed E-state index contributed by atoms with van der Waals surface area (Å²) in [5.41, 5.74) is 7.90. The average Bonchev–Trinajstić information content (AvgIpc) is 2.33. The molecular formula is C13H18N2O2. The summed E-state index contributed by atoms with van der Waals surface area (Å²) < 4.78 is 5.33. The van der Waals surface area contributed by atoms with Crippen LogP contribution in [-0.2, 0) is 4.74 Å². The van der Waals surface area contributed by atoms with E-state index in [9.17, 15) is 4.79 Å². The number of carbonyl (C=O) groups excluding carboxylic acids is 1. The van der Waals surface area contributed by atoms with E-state index in [1.165, 1.54) is 0 Å². The first-order valence-electron chi connectivity index (χ1n) is 5.91. The summed E-state index contributed by atoms with van der Waals surface area (Å²) in [5.74, 6) is -0.110. The third-order valence-electron chi connectivity index (χ3n) is 2.95. The molecular weight excluding hydrogens is 216 g/mol. The highest BCUT2D eigenvalue weighted by molar-refractivity contribution is 5.99. The van der Waals surface area contributed by atoms with Crippen LogP contribution in [-0.4, -0.2) is 25.2 Å². The molecule has 1 saturated heterocycles. The lowest BCUT2D eigenvalue weighted by Gasteiger charge is -2.23. The van der Waals surface area contributed by atoms with Crippen LogP contribution in [0.2, 0.25) is 0 Å². The fourth-order valence-corrected chi connectivity index (χ4v) is 1.98. The minimum Gasteiger partial charge on any atom is -0.398 e. The molecule has 1 amide bonds. The molecule has 0 aromatic heterocycles. The van der Waals surface area contributed by atoms with Gasteiger partial charge in [0.05, 0.1) is 18.2 Å². The Kier molecular flexibility index (Phi) is 3.64. The van der Waals surface area contributed by atoms with Crippen LogP contribution in [0.1, 0.15) is 28.8 Å². The van der Waals surface area contributed by atoms with Crippen molar-refractivity contribution in [2.24, 2.45) is 0 Å². The van der Waals surface area contributed by atoms with Crippen LogP contribution in [0.4, 0.5) is 5.69 Å². The lowest BCUT2D eigenvalue weighted by atomic mass is 10.1.